The Balaban J connectivity index is 2.48. The predicted molar refractivity (Wildman–Crippen MR) is 65.9 cm³/mol. The van der Waals surface area contributed by atoms with Crippen LogP contribution in [0.2, 0.25) is 0 Å². The highest BCUT2D eigenvalue weighted by Crippen LogP contribution is 2.20. The van der Waals surface area contributed by atoms with E-state index in [1.165, 1.54) is 13.0 Å². The summed E-state index contributed by atoms with van der Waals surface area (Å²) in [6.07, 6.45) is 1.56. The maximum absolute atomic E-state index is 11.7. The third-order valence-corrected chi connectivity index (χ3v) is 3.32. The van der Waals surface area contributed by atoms with Crippen molar-refractivity contribution in [1.82, 2.24) is 5.32 Å². The van der Waals surface area contributed by atoms with Crippen molar-refractivity contribution < 1.29 is 24.2 Å². The van der Waals surface area contributed by atoms with Crippen molar-refractivity contribution in [2.45, 2.75) is 24.8 Å². The van der Waals surface area contributed by atoms with Gasteiger partial charge in [0.2, 0.25) is 0 Å². The molecule has 1 saturated heterocycles. The molecule has 1 fully saturated rings. The standard InChI is InChI=1S/C11H15NO5S/c1-3-9(18-6(2)13)17-11(16)7-4-8(10(14)15)12-5-7/h3,7-9,12H,1,4-5H2,2H3,(H,14,15). The molecular formula is C11H15NO5S. The number of carbonyl (C=O) groups excluding carboxylic acids is 2. The number of esters is 1. The van der Waals surface area contributed by atoms with Crippen LogP contribution in [0.3, 0.4) is 0 Å². The van der Waals surface area contributed by atoms with Gasteiger partial charge in [-0.05, 0) is 24.3 Å². The van der Waals surface area contributed by atoms with E-state index in [0.29, 0.717) is 0 Å². The van der Waals surface area contributed by atoms with Crippen LogP contribution in [-0.2, 0) is 19.1 Å². The van der Waals surface area contributed by atoms with Crippen LogP contribution in [0, 0.1) is 5.92 Å². The summed E-state index contributed by atoms with van der Waals surface area (Å²) in [5.41, 5.74) is -0.723. The Morgan fingerprint density at radius 2 is 2.22 bits per heavy atom. The normalized spacial score (nSPS) is 24.3. The van der Waals surface area contributed by atoms with Gasteiger partial charge in [0.1, 0.15) is 6.04 Å². The van der Waals surface area contributed by atoms with E-state index in [-0.39, 0.29) is 18.1 Å². The molecule has 7 heteroatoms. The van der Waals surface area contributed by atoms with E-state index in [0.717, 1.165) is 11.8 Å². The average molecular weight is 273 g/mol. The number of hydrogen-bond acceptors (Lipinski definition) is 6. The number of carboxylic acid groups (broad SMARTS) is 1. The number of carboxylic acids is 1. The first kappa shape index (κ1) is 14.7. The van der Waals surface area contributed by atoms with Gasteiger partial charge in [-0.1, -0.05) is 6.58 Å². The average Bonchev–Trinajstić information content (AvgIpc) is 2.76. The highest BCUT2D eigenvalue weighted by atomic mass is 32.2. The number of nitrogens with one attached hydrogen (secondary N) is 1. The maximum atomic E-state index is 11.7. The van der Waals surface area contributed by atoms with Crippen molar-refractivity contribution in [2.75, 3.05) is 6.54 Å². The Labute approximate surface area is 109 Å². The van der Waals surface area contributed by atoms with E-state index < -0.39 is 29.3 Å². The Kier molecular flexibility index (Phi) is 5.36. The lowest BCUT2D eigenvalue weighted by Crippen LogP contribution is -2.30. The summed E-state index contributed by atoms with van der Waals surface area (Å²) in [7, 11) is 0. The van der Waals surface area contributed by atoms with Gasteiger partial charge in [0.15, 0.2) is 10.6 Å². The van der Waals surface area contributed by atoms with Gasteiger partial charge in [-0.15, -0.1) is 0 Å². The first-order valence-corrected chi connectivity index (χ1v) is 6.28. The molecule has 0 aromatic carbocycles. The van der Waals surface area contributed by atoms with Crippen LogP contribution in [0.5, 0.6) is 0 Å². The highest BCUT2D eigenvalue weighted by Gasteiger charge is 2.35. The minimum atomic E-state index is -0.983. The van der Waals surface area contributed by atoms with Crippen molar-refractivity contribution in [2.24, 2.45) is 5.92 Å². The van der Waals surface area contributed by atoms with Gasteiger partial charge in [-0.3, -0.25) is 14.4 Å². The molecular weight excluding hydrogens is 258 g/mol. The lowest BCUT2D eigenvalue weighted by Gasteiger charge is -2.14. The van der Waals surface area contributed by atoms with Crippen molar-refractivity contribution in [3.8, 4) is 0 Å². The topological polar surface area (TPSA) is 92.7 Å². The molecule has 18 heavy (non-hydrogen) atoms. The van der Waals surface area contributed by atoms with Crippen molar-refractivity contribution in [3.05, 3.63) is 12.7 Å². The summed E-state index contributed by atoms with van der Waals surface area (Å²) in [5.74, 6) is -1.99. The minimum absolute atomic E-state index is 0.180. The van der Waals surface area contributed by atoms with Crippen LogP contribution in [0.15, 0.2) is 12.7 Å². The van der Waals surface area contributed by atoms with E-state index in [2.05, 4.69) is 11.9 Å². The monoisotopic (exact) mass is 273 g/mol. The molecule has 0 radical (unpaired) electrons. The highest BCUT2D eigenvalue weighted by molar-refractivity contribution is 8.14. The predicted octanol–water partition coefficient (Wildman–Crippen LogP) is 0.384. The second kappa shape index (κ2) is 6.55. The van der Waals surface area contributed by atoms with Crippen LogP contribution in [-0.4, -0.2) is 40.2 Å². The van der Waals surface area contributed by atoms with Crippen molar-refractivity contribution >= 4 is 28.8 Å². The lowest BCUT2D eigenvalue weighted by atomic mass is 10.1. The fourth-order valence-electron chi connectivity index (χ4n) is 1.60. The molecule has 1 aliphatic rings. The number of carbonyl (C=O) groups is 3. The number of ether oxygens (including phenoxy) is 1. The molecule has 6 nitrogen and oxygen atoms in total. The van der Waals surface area contributed by atoms with Crippen LogP contribution in [0.4, 0.5) is 0 Å². The summed E-state index contributed by atoms with van der Waals surface area (Å²) in [6.45, 7) is 5.11. The smallest absolute Gasteiger partial charge is 0.320 e. The molecule has 0 aliphatic carbocycles. The maximum Gasteiger partial charge on any atom is 0.320 e. The molecule has 3 unspecified atom stereocenters. The van der Waals surface area contributed by atoms with Gasteiger partial charge in [0, 0.05) is 13.5 Å². The third kappa shape index (κ3) is 4.15. The molecule has 2 N–H and O–H groups in total. The van der Waals surface area contributed by atoms with Gasteiger partial charge in [-0.25, -0.2) is 0 Å². The van der Waals surface area contributed by atoms with Gasteiger partial charge in [-0.2, -0.15) is 0 Å². The zero-order valence-electron chi connectivity index (χ0n) is 9.92. The quantitative estimate of drug-likeness (QED) is 0.425. The Hall–Kier alpha value is -1.34. The zero-order valence-corrected chi connectivity index (χ0v) is 10.7. The molecule has 0 aromatic heterocycles. The zero-order chi connectivity index (χ0) is 13.7. The molecule has 1 rings (SSSR count). The number of aliphatic carboxylic acids is 1. The Bertz CT molecular complexity index is 370. The summed E-state index contributed by atoms with van der Waals surface area (Å²) >= 11 is 0.857. The van der Waals surface area contributed by atoms with E-state index in [9.17, 15) is 14.4 Å². The number of thioether (sulfide) groups is 1. The third-order valence-electron chi connectivity index (χ3n) is 2.47. The van der Waals surface area contributed by atoms with Crippen LogP contribution >= 0.6 is 11.8 Å². The molecule has 3 atom stereocenters. The number of hydrogen-bond donors (Lipinski definition) is 2. The van der Waals surface area contributed by atoms with E-state index >= 15 is 0 Å². The fourth-order valence-corrected chi connectivity index (χ4v) is 2.16. The first-order valence-electron chi connectivity index (χ1n) is 5.40. The summed E-state index contributed by atoms with van der Waals surface area (Å²) in [4.78, 5) is 33.3. The molecule has 0 saturated carbocycles. The molecule has 0 spiro atoms. The van der Waals surface area contributed by atoms with Crippen LogP contribution in [0.25, 0.3) is 0 Å². The van der Waals surface area contributed by atoms with Gasteiger partial charge >= 0.3 is 11.9 Å². The van der Waals surface area contributed by atoms with E-state index in [1.54, 1.807) is 0 Å². The van der Waals surface area contributed by atoms with Crippen LogP contribution in [0.1, 0.15) is 13.3 Å². The van der Waals surface area contributed by atoms with E-state index in [4.69, 9.17) is 9.84 Å². The SMILES string of the molecule is C=CC(OC(=O)C1CNC(C(=O)O)C1)SC(C)=O. The molecule has 0 aromatic rings. The van der Waals surface area contributed by atoms with Crippen molar-refractivity contribution in [3.63, 3.8) is 0 Å². The largest absolute Gasteiger partial charge is 0.480 e. The summed E-state index contributed by atoms with van der Waals surface area (Å²) in [5, 5.41) is 11.3. The Morgan fingerprint density at radius 3 is 2.67 bits per heavy atom. The molecule has 100 valence electrons. The summed E-state index contributed by atoms with van der Waals surface area (Å²) < 4.78 is 5.07. The van der Waals surface area contributed by atoms with Gasteiger partial charge < -0.3 is 15.2 Å². The van der Waals surface area contributed by atoms with Crippen LogP contribution < -0.4 is 5.32 Å². The van der Waals surface area contributed by atoms with Gasteiger partial charge in [0.25, 0.3) is 0 Å². The number of rotatable bonds is 5. The minimum Gasteiger partial charge on any atom is -0.480 e. The van der Waals surface area contributed by atoms with E-state index in [1.807, 2.05) is 0 Å². The molecule has 0 bridgehead atoms. The molecule has 0 amide bonds. The lowest BCUT2D eigenvalue weighted by molar-refractivity contribution is -0.148. The second-order valence-corrected chi connectivity index (χ2v) is 5.16. The Morgan fingerprint density at radius 1 is 1.56 bits per heavy atom. The molecule has 1 aliphatic heterocycles. The first-order chi connectivity index (χ1) is 8.43. The summed E-state index contributed by atoms with van der Waals surface area (Å²) in [6, 6.07) is -0.717. The molecule has 1 heterocycles. The van der Waals surface area contributed by atoms with Crippen molar-refractivity contribution in [1.29, 1.82) is 0 Å². The van der Waals surface area contributed by atoms with Gasteiger partial charge in [0.05, 0.1) is 5.92 Å². The fraction of sp³-hybridized carbons (Fsp3) is 0.545. The second-order valence-electron chi connectivity index (χ2n) is 3.88.